The number of carbonyl (C=O) groups is 1. The van der Waals surface area contributed by atoms with E-state index in [-0.39, 0.29) is 5.97 Å². The number of imidazole rings is 1. The molecule has 1 unspecified atom stereocenters. The highest BCUT2D eigenvalue weighted by Gasteiger charge is 2.18. The molecule has 4 nitrogen and oxygen atoms in total. The molecule has 1 saturated heterocycles. The average Bonchev–Trinajstić information content (AvgIpc) is 2.91. The van der Waals surface area contributed by atoms with Gasteiger partial charge in [-0.1, -0.05) is 6.42 Å². The van der Waals surface area contributed by atoms with Crippen LogP contribution in [0.4, 0.5) is 0 Å². The molecule has 2 aromatic heterocycles. The van der Waals surface area contributed by atoms with E-state index in [1.54, 1.807) is 12.3 Å². The molecule has 0 N–H and O–H groups in total. The maximum absolute atomic E-state index is 11.8. The second-order valence-electron chi connectivity index (χ2n) is 5.04. The zero-order valence-corrected chi connectivity index (χ0v) is 12.4. The molecule has 1 aliphatic heterocycles. The topological polar surface area (TPSA) is 43.6 Å². The first-order valence-corrected chi connectivity index (χ1v) is 7.99. The van der Waals surface area contributed by atoms with E-state index in [4.69, 9.17) is 4.74 Å². The number of hydrogen-bond donors (Lipinski definition) is 0. The molecule has 0 amide bonds. The smallest absolute Gasteiger partial charge is 0.340 e. The molecule has 0 aliphatic carbocycles. The fraction of sp³-hybridized carbons (Fsp3) is 0.467. The van der Waals surface area contributed by atoms with Crippen molar-refractivity contribution in [2.45, 2.75) is 30.9 Å². The SMILES string of the molecule is COC(=O)c1cccn2c(CC3CCCCS3)ncc12. The molecule has 0 aromatic carbocycles. The minimum Gasteiger partial charge on any atom is -0.465 e. The van der Waals surface area contributed by atoms with E-state index < -0.39 is 0 Å². The second kappa shape index (κ2) is 5.87. The van der Waals surface area contributed by atoms with E-state index in [2.05, 4.69) is 4.98 Å². The Labute approximate surface area is 122 Å². The number of hydrogen-bond acceptors (Lipinski definition) is 4. The number of methoxy groups -OCH3 is 1. The summed E-state index contributed by atoms with van der Waals surface area (Å²) < 4.78 is 6.83. The summed E-state index contributed by atoms with van der Waals surface area (Å²) in [7, 11) is 1.40. The number of ether oxygens (including phenoxy) is 1. The van der Waals surface area contributed by atoms with Gasteiger partial charge < -0.3 is 9.14 Å². The van der Waals surface area contributed by atoms with Crippen LogP contribution in [-0.4, -0.2) is 33.5 Å². The first kappa shape index (κ1) is 13.5. The summed E-state index contributed by atoms with van der Waals surface area (Å²) in [6.45, 7) is 0. The van der Waals surface area contributed by atoms with Crippen molar-refractivity contribution < 1.29 is 9.53 Å². The van der Waals surface area contributed by atoms with E-state index in [1.165, 1.54) is 32.1 Å². The predicted molar refractivity (Wildman–Crippen MR) is 80.3 cm³/mol. The first-order chi connectivity index (χ1) is 9.79. The summed E-state index contributed by atoms with van der Waals surface area (Å²) in [5.41, 5.74) is 1.40. The highest BCUT2D eigenvalue weighted by atomic mass is 32.2. The van der Waals surface area contributed by atoms with Gasteiger partial charge >= 0.3 is 5.97 Å². The van der Waals surface area contributed by atoms with Crippen LogP contribution in [0.25, 0.3) is 5.52 Å². The Morgan fingerprint density at radius 2 is 2.45 bits per heavy atom. The third kappa shape index (κ3) is 2.54. The van der Waals surface area contributed by atoms with Gasteiger partial charge in [0.1, 0.15) is 5.82 Å². The molecule has 5 heteroatoms. The maximum Gasteiger partial charge on any atom is 0.340 e. The second-order valence-corrected chi connectivity index (χ2v) is 6.44. The highest BCUT2D eigenvalue weighted by molar-refractivity contribution is 7.99. The van der Waals surface area contributed by atoms with Gasteiger partial charge in [0.15, 0.2) is 0 Å². The van der Waals surface area contributed by atoms with E-state index in [0.717, 1.165) is 17.8 Å². The lowest BCUT2D eigenvalue weighted by Gasteiger charge is -2.20. The van der Waals surface area contributed by atoms with Crippen LogP contribution in [0.3, 0.4) is 0 Å². The Kier molecular flexibility index (Phi) is 3.96. The third-order valence-corrected chi connectivity index (χ3v) is 5.14. The standard InChI is InChI=1S/C15H18N2O2S/c1-19-15(18)12-6-4-7-17-13(12)10-16-14(17)9-11-5-2-3-8-20-11/h4,6-7,10-11H,2-3,5,8-9H2,1H3. The molecule has 1 aliphatic rings. The molecule has 1 fully saturated rings. The molecule has 3 rings (SSSR count). The van der Waals surface area contributed by atoms with Crippen LogP contribution >= 0.6 is 11.8 Å². The molecule has 106 valence electrons. The van der Waals surface area contributed by atoms with Crippen molar-refractivity contribution >= 4 is 23.2 Å². The number of carbonyl (C=O) groups excluding carboxylic acids is 1. The van der Waals surface area contributed by atoms with Crippen LogP contribution in [0.2, 0.25) is 0 Å². The Hall–Kier alpha value is -1.49. The quantitative estimate of drug-likeness (QED) is 0.815. The molecule has 0 spiro atoms. The van der Waals surface area contributed by atoms with E-state index in [0.29, 0.717) is 10.8 Å². The zero-order chi connectivity index (χ0) is 13.9. The van der Waals surface area contributed by atoms with Crippen LogP contribution in [0, 0.1) is 0 Å². The molecular weight excluding hydrogens is 272 g/mol. The first-order valence-electron chi connectivity index (χ1n) is 6.94. The average molecular weight is 290 g/mol. The zero-order valence-electron chi connectivity index (χ0n) is 11.5. The Morgan fingerprint density at radius 1 is 1.55 bits per heavy atom. The monoisotopic (exact) mass is 290 g/mol. The van der Waals surface area contributed by atoms with Gasteiger partial charge in [-0.15, -0.1) is 0 Å². The van der Waals surface area contributed by atoms with Crippen LogP contribution in [0.5, 0.6) is 0 Å². The molecule has 3 heterocycles. The number of pyridine rings is 1. The molecule has 20 heavy (non-hydrogen) atoms. The summed E-state index contributed by atoms with van der Waals surface area (Å²) in [5.74, 6) is 1.97. The number of rotatable bonds is 3. The summed E-state index contributed by atoms with van der Waals surface area (Å²) >= 11 is 2.04. The van der Waals surface area contributed by atoms with Gasteiger partial charge in [-0.2, -0.15) is 11.8 Å². The van der Waals surface area contributed by atoms with Crippen LogP contribution < -0.4 is 0 Å². The van der Waals surface area contributed by atoms with Crippen LogP contribution in [0.1, 0.15) is 35.4 Å². The number of fused-ring (bicyclic) bond motifs is 1. The van der Waals surface area contributed by atoms with E-state index in [1.807, 2.05) is 28.4 Å². The van der Waals surface area contributed by atoms with Gasteiger partial charge in [0, 0.05) is 17.9 Å². The predicted octanol–water partition coefficient (Wildman–Crippen LogP) is 2.95. The molecule has 2 aromatic rings. The lowest BCUT2D eigenvalue weighted by atomic mass is 10.1. The fourth-order valence-corrected chi connectivity index (χ4v) is 3.99. The summed E-state index contributed by atoms with van der Waals surface area (Å²) in [4.78, 5) is 16.3. The lowest BCUT2D eigenvalue weighted by Crippen LogP contribution is -2.14. The van der Waals surface area contributed by atoms with Gasteiger partial charge in [-0.05, 0) is 30.7 Å². The fourth-order valence-electron chi connectivity index (χ4n) is 2.68. The number of nitrogens with zero attached hydrogens (tertiary/aromatic N) is 2. The molecule has 0 saturated carbocycles. The van der Waals surface area contributed by atoms with Crippen molar-refractivity contribution in [3.8, 4) is 0 Å². The maximum atomic E-state index is 11.8. The van der Waals surface area contributed by atoms with Gasteiger partial charge in [0.05, 0.1) is 24.4 Å². The Balaban J connectivity index is 1.91. The van der Waals surface area contributed by atoms with Gasteiger partial charge in [-0.3, -0.25) is 0 Å². The van der Waals surface area contributed by atoms with Gasteiger partial charge in [-0.25, -0.2) is 9.78 Å². The Bertz CT molecular complexity index is 617. The van der Waals surface area contributed by atoms with Gasteiger partial charge in [0.25, 0.3) is 0 Å². The van der Waals surface area contributed by atoms with Crippen molar-refractivity contribution in [2.75, 3.05) is 12.9 Å². The Morgan fingerprint density at radius 3 is 3.20 bits per heavy atom. The van der Waals surface area contributed by atoms with Crippen LogP contribution in [0.15, 0.2) is 24.5 Å². The molecule has 0 radical (unpaired) electrons. The number of aromatic nitrogens is 2. The molecule has 1 atom stereocenters. The van der Waals surface area contributed by atoms with Crippen molar-refractivity contribution in [3.63, 3.8) is 0 Å². The highest BCUT2D eigenvalue weighted by Crippen LogP contribution is 2.28. The van der Waals surface area contributed by atoms with Crippen molar-refractivity contribution in [1.82, 2.24) is 9.38 Å². The van der Waals surface area contributed by atoms with Crippen molar-refractivity contribution in [2.24, 2.45) is 0 Å². The van der Waals surface area contributed by atoms with Crippen molar-refractivity contribution in [1.29, 1.82) is 0 Å². The normalized spacial score (nSPS) is 19.1. The van der Waals surface area contributed by atoms with Crippen molar-refractivity contribution in [3.05, 3.63) is 35.9 Å². The largest absolute Gasteiger partial charge is 0.465 e. The lowest BCUT2D eigenvalue weighted by molar-refractivity contribution is 0.0602. The minimum atomic E-state index is -0.311. The molecular formula is C15H18N2O2S. The minimum absolute atomic E-state index is 0.311. The van der Waals surface area contributed by atoms with E-state index in [9.17, 15) is 4.79 Å². The van der Waals surface area contributed by atoms with Crippen LogP contribution in [-0.2, 0) is 11.2 Å². The van der Waals surface area contributed by atoms with E-state index >= 15 is 0 Å². The molecule has 0 bridgehead atoms. The van der Waals surface area contributed by atoms with Gasteiger partial charge in [0.2, 0.25) is 0 Å². The summed E-state index contributed by atoms with van der Waals surface area (Å²) in [5, 5.41) is 0.649. The number of esters is 1. The summed E-state index contributed by atoms with van der Waals surface area (Å²) in [6, 6.07) is 3.65. The summed E-state index contributed by atoms with van der Waals surface area (Å²) in [6.07, 6.45) is 8.61. The number of thioether (sulfide) groups is 1. The third-order valence-electron chi connectivity index (χ3n) is 3.74.